The van der Waals surface area contributed by atoms with Crippen LogP contribution < -0.4 is 5.73 Å². The van der Waals surface area contributed by atoms with Gasteiger partial charge in [-0.2, -0.15) is 0 Å². The summed E-state index contributed by atoms with van der Waals surface area (Å²) in [4.78, 5) is 9.60. The molecule has 100 valence electrons. The summed E-state index contributed by atoms with van der Waals surface area (Å²) in [5.41, 5.74) is 8.84. The molecule has 0 bridgehead atoms. The molecule has 0 aliphatic heterocycles. The van der Waals surface area contributed by atoms with Crippen LogP contribution in [0.1, 0.15) is 19.8 Å². The SMILES string of the molecule is CCCC(=O)O.Nc1ccc(-c2ccccc2)cc1. The number of anilines is 1. The highest BCUT2D eigenvalue weighted by atomic mass is 16.4. The number of hydrogen-bond donors (Lipinski definition) is 2. The molecule has 3 N–H and O–H groups in total. The number of rotatable bonds is 3. The molecule has 0 unspecified atom stereocenters. The molecule has 0 amide bonds. The van der Waals surface area contributed by atoms with E-state index < -0.39 is 5.97 Å². The van der Waals surface area contributed by atoms with Crippen molar-refractivity contribution in [2.75, 3.05) is 5.73 Å². The highest BCUT2D eigenvalue weighted by Crippen LogP contribution is 2.19. The molecule has 0 heterocycles. The van der Waals surface area contributed by atoms with Gasteiger partial charge in [0.25, 0.3) is 0 Å². The van der Waals surface area contributed by atoms with E-state index in [1.165, 1.54) is 11.1 Å². The first-order valence-corrected chi connectivity index (χ1v) is 6.26. The van der Waals surface area contributed by atoms with Crippen LogP contribution in [0.2, 0.25) is 0 Å². The fraction of sp³-hybridized carbons (Fsp3) is 0.188. The Hall–Kier alpha value is -2.29. The molecular weight excluding hydrogens is 238 g/mol. The van der Waals surface area contributed by atoms with Crippen molar-refractivity contribution in [3.63, 3.8) is 0 Å². The summed E-state index contributed by atoms with van der Waals surface area (Å²) in [7, 11) is 0. The number of hydrogen-bond acceptors (Lipinski definition) is 2. The molecule has 0 aromatic heterocycles. The van der Waals surface area contributed by atoms with E-state index in [9.17, 15) is 4.79 Å². The van der Waals surface area contributed by atoms with Crippen LogP contribution in [0.25, 0.3) is 11.1 Å². The number of nitrogen functional groups attached to an aromatic ring is 1. The maximum absolute atomic E-state index is 9.60. The van der Waals surface area contributed by atoms with E-state index in [-0.39, 0.29) is 0 Å². The monoisotopic (exact) mass is 257 g/mol. The molecule has 3 nitrogen and oxygen atoms in total. The molecule has 0 spiro atoms. The topological polar surface area (TPSA) is 63.3 Å². The summed E-state index contributed by atoms with van der Waals surface area (Å²) in [6.07, 6.45) is 1.02. The fourth-order valence-corrected chi connectivity index (χ4v) is 1.52. The van der Waals surface area contributed by atoms with Crippen LogP contribution in [-0.4, -0.2) is 11.1 Å². The lowest BCUT2D eigenvalue weighted by Gasteiger charge is -2.00. The van der Waals surface area contributed by atoms with Crippen LogP contribution >= 0.6 is 0 Å². The molecule has 2 aromatic rings. The Morgan fingerprint density at radius 1 is 1.00 bits per heavy atom. The van der Waals surface area contributed by atoms with Gasteiger partial charge in [-0.15, -0.1) is 0 Å². The van der Waals surface area contributed by atoms with Gasteiger partial charge in [0, 0.05) is 12.1 Å². The van der Waals surface area contributed by atoms with Crippen LogP contribution in [0, 0.1) is 0 Å². The third-order valence-corrected chi connectivity index (χ3v) is 2.48. The Morgan fingerprint density at radius 3 is 1.95 bits per heavy atom. The fourth-order valence-electron chi connectivity index (χ4n) is 1.52. The average Bonchev–Trinajstić information content (AvgIpc) is 2.41. The third-order valence-electron chi connectivity index (χ3n) is 2.48. The Balaban J connectivity index is 0.000000258. The number of benzene rings is 2. The largest absolute Gasteiger partial charge is 0.481 e. The molecule has 2 rings (SSSR count). The Labute approximate surface area is 113 Å². The molecule has 0 saturated carbocycles. The number of nitrogens with two attached hydrogens (primary N) is 1. The lowest BCUT2D eigenvalue weighted by atomic mass is 10.1. The average molecular weight is 257 g/mol. The van der Waals surface area contributed by atoms with Gasteiger partial charge in [-0.25, -0.2) is 0 Å². The second-order valence-electron chi connectivity index (χ2n) is 4.13. The predicted molar refractivity (Wildman–Crippen MR) is 78.8 cm³/mol. The predicted octanol–water partition coefficient (Wildman–Crippen LogP) is 3.81. The molecule has 0 aliphatic rings. The van der Waals surface area contributed by atoms with Crippen molar-refractivity contribution in [2.24, 2.45) is 0 Å². The van der Waals surface area contributed by atoms with E-state index in [4.69, 9.17) is 10.8 Å². The molecule has 3 heteroatoms. The standard InChI is InChI=1S/C12H11N.C4H8O2/c13-12-8-6-11(7-9-12)10-4-2-1-3-5-10;1-2-3-4(5)6/h1-9H,13H2;2-3H2,1H3,(H,5,6). The minimum Gasteiger partial charge on any atom is -0.481 e. The maximum Gasteiger partial charge on any atom is 0.303 e. The van der Waals surface area contributed by atoms with Gasteiger partial charge < -0.3 is 10.8 Å². The second-order valence-corrected chi connectivity index (χ2v) is 4.13. The van der Waals surface area contributed by atoms with Crippen LogP contribution in [0.15, 0.2) is 54.6 Å². The lowest BCUT2D eigenvalue weighted by molar-refractivity contribution is -0.137. The smallest absolute Gasteiger partial charge is 0.303 e. The minimum atomic E-state index is -0.711. The van der Waals surface area contributed by atoms with Gasteiger partial charge >= 0.3 is 5.97 Å². The summed E-state index contributed by atoms with van der Waals surface area (Å²) in [5.74, 6) is -0.711. The Kier molecular flexibility index (Phi) is 6.16. The molecule has 0 aliphatic carbocycles. The van der Waals surface area contributed by atoms with E-state index in [0.717, 1.165) is 12.1 Å². The first-order chi connectivity index (χ1) is 9.13. The van der Waals surface area contributed by atoms with Gasteiger partial charge in [-0.1, -0.05) is 49.4 Å². The van der Waals surface area contributed by atoms with Crippen molar-refractivity contribution in [2.45, 2.75) is 19.8 Å². The summed E-state index contributed by atoms with van der Waals surface area (Å²) in [5, 5.41) is 7.91. The molecule has 0 atom stereocenters. The summed E-state index contributed by atoms with van der Waals surface area (Å²) in [6, 6.07) is 18.2. The third kappa shape index (κ3) is 5.73. The molecule has 19 heavy (non-hydrogen) atoms. The Bertz CT molecular complexity index is 492. The van der Waals surface area contributed by atoms with Crippen molar-refractivity contribution in [1.29, 1.82) is 0 Å². The second kappa shape index (κ2) is 7.93. The normalized spacial score (nSPS) is 9.32. The van der Waals surface area contributed by atoms with Crippen molar-refractivity contribution >= 4 is 11.7 Å². The summed E-state index contributed by atoms with van der Waals surface area (Å²) in [6.45, 7) is 1.84. The zero-order valence-corrected chi connectivity index (χ0v) is 11.0. The van der Waals surface area contributed by atoms with Crippen LogP contribution in [0.5, 0.6) is 0 Å². The van der Waals surface area contributed by atoms with E-state index >= 15 is 0 Å². The van der Waals surface area contributed by atoms with Gasteiger partial charge in [0.2, 0.25) is 0 Å². The van der Waals surface area contributed by atoms with E-state index in [1.54, 1.807) is 0 Å². The molecule has 0 saturated heterocycles. The van der Waals surface area contributed by atoms with Crippen LogP contribution in [0.4, 0.5) is 5.69 Å². The quantitative estimate of drug-likeness (QED) is 0.822. The van der Waals surface area contributed by atoms with Gasteiger partial charge in [0.15, 0.2) is 0 Å². The van der Waals surface area contributed by atoms with Crippen LogP contribution in [-0.2, 0) is 4.79 Å². The highest BCUT2D eigenvalue weighted by molar-refractivity contribution is 5.66. The van der Waals surface area contributed by atoms with Crippen molar-refractivity contribution in [1.82, 2.24) is 0 Å². The summed E-state index contributed by atoms with van der Waals surface area (Å²) >= 11 is 0. The van der Waals surface area contributed by atoms with E-state index in [1.807, 2.05) is 49.4 Å². The zero-order valence-electron chi connectivity index (χ0n) is 11.0. The summed E-state index contributed by atoms with van der Waals surface area (Å²) < 4.78 is 0. The minimum absolute atomic E-state index is 0.292. The molecule has 2 aromatic carbocycles. The van der Waals surface area contributed by atoms with Crippen molar-refractivity contribution in [3.05, 3.63) is 54.6 Å². The van der Waals surface area contributed by atoms with E-state index in [2.05, 4.69) is 12.1 Å². The Morgan fingerprint density at radius 2 is 1.53 bits per heavy atom. The molecule has 0 fully saturated rings. The maximum atomic E-state index is 9.60. The van der Waals surface area contributed by atoms with Crippen LogP contribution in [0.3, 0.4) is 0 Å². The molecular formula is C16H19NO2. The van der Waals surface area contributed by atoms with Gasteiger partial charge in [0.1, 0.15) is 0 Å². The first kappa shape index (κ1) is 14.8. The lowest BCUT2D eigenvalue weighted by Crippen LogP contribution is -1.90. The number of carboxylic acid groups (broad SMARTS) is 1. The van der Waals surface area contributed by atoms with Gasteiger partial charge in [0.05, 0.1) is 0 Å². The van der Waals surface area contributed by atoms with E-state index in [0.29, 0.717) is 6.42 Å². The number of aliphatic carboxylic acids is 1. The number of carboxylic acids is 1. The van der Waals surface area contributed by atoms with Gasteiger partial charge in [-0.3, -0.25) is 4.79 Å². The van der Waals surface area contributed by atoms with Gasteiger partial charge in [-0.05, 0) is 29.7 Å². The highest BCUT2D eigenvalue weighted by Gasteiger charge is 1.94. The van der Waals surface area contributed by atoms with Crippen molar-refractivity contribution in [3.8, 4) is 11.1 Å². The van der Waals surface area contributed by atoms with Crippen molar-refractivity contribution < 1.29 is 9.90 Å². The number of carbonyl (C=O) groups is 1. The first-order valence-electron chi connectivity index (χ1n) is 6.26. The zero-order chi connectivity index (χ0) is 14.1. The molecule has 0 radical (unpaired) electrons.